The molecule has 3 rings (SSSR count). The summed E-state index contributed by atoms with van der Waals surface area (Å²) in [5.41, 5.74) is 9.96. The first-order valence-electron chi connectivity index (χ1n) is 6.16. The number of nitrogens with zero attached hydrogens (tertiary/aromatic N) is 1. The minimum atomic E-state index is 0.0665. The smallest absolute Gasteiger partial charge is 0.0682 e. The quantitative estimate of drug-likeness (QED) is 0.677. The lowest BCUT2D eigenvalue weighted by molar-refractivity contribution is 0.282. The van der Waals surface area contributed by atoms with Gasteiger partial charge in [-0.05, 0) is 42.8 Å². The standard InChI is InChI=1S/C15H16N2O/c1-2-17-14-5-3-10(9-18)7-12(14)13-8-11(16)4-6-15(13)17/h3-8,18H,2,9,16H2,1H3. The van der Waals surface area contributed by atoms with Crippen LogP contribution in [0, 0.1) is 0 Å². The Morgan fingerprint density at radius 3 is 2.39 bits per heavy atom. The third-order valence-corrected chi connectivity index (χ3v) is 3.45. The molecule has 2 aromatic carbocycles. The normalized spacial score (nSPS) is 11.4. The van der Waals surface area contributed by atoms with Gasteiger partial charge in [0, 0.05) is 34.0 Å². The number of rotatable bonds is 2. The monoisotopic (exact) mass is 240 g/mol. The molecular weight excluding hydrogens is 224 g/mol. The second kappa shape index (κ2) is 4.03. The minimum absolute atomic E-state index is 0.0665. The van der Waals surface area contributed by atoms with Gasteiger partial charge in [0.25, 0.3) is 0 Å². The fourth-order valence-corrected chi connectivity index (χ4v) is 2.61. The lowest BCUT2D eigenvalue weighted by Gasteiger charge is -2.03. The van der Waals surface area contributed by atoms with Crippen LogP contribution in [0.25, 0.3) is 21.8 Å². The lowest BCUT2D eigenvalue weighted by Crippen LogP contribution is -1.93. The number of aryl methyl sites for hydroxylation is 1. The zero-order valence-electron chi connectivity index (χ0n) is 10.4. The summed E-state index contributed by atoms with van der Waals surface area (Å²) >= 11 is 0. The van der Waals surface area contributed by atoms with Gasteiger partial charge in [-0.3, -0.25) is 0 Å². The van der Waals surface area contributed by atoms with Crippen molar-refractivity contribution in [1.29, 1.82) is 0 Å². The van der Waals surface area contributed by atoms with Gasteiger partial charge in [0.15, 0.2) is 0 Å². The number of nitrogens with two attached hydrogens (primary N) is 1. The maximum Gasteiger partial charge on any atom is 0.0682 e. The Morgan fingerprint density at radius 1 is 1.06 bits per heavy atom. The van der Waals surface area contributed by atoms with Crippen LogP contribution in [0.1, 0.15) is 12.5 Å². The van der Waals surface area contributed by atoms with Crippen LogP contribution in [0.4, 0.5) is 5.69 Å². The van der Waals surface area contributed by atoms with Crippen molar-refractivity contribution in [2.24, 2.45) is 0 Å². The van der Waals surface area contributed by atoms with Gasteiger partial charge in [-0.2, -0.15) is 0 Å². The maximum atomic E-state index is 9.26. The number of nitrogen functional groups attached to an aromatic ring is 1. The first-order valence-corrected chi connectivity index (χ1v) is 6.16. The van der Waals surface area contributed by atoms with Gasteiger partial charge in [-0.1, -0.05) is 6.07 Å². The van der Waals surface area contributed by atoms with Gasteiger partial charge >= 0.3 is 0 Å². The van der Waals surface area contributed by atoms with Crippen LogP contribution in [0.3, 0.4) is 0 Å². The average molecular weight is 240 g/mol. The highest BCUT2D eigenvalue weighted by Crippen LogP contribution is 2.31. The van der Waals surface area contributed by atoms with Crippen molar-refractivity contribution in [3.8, 4) is 0 Å². The molecule has 0 saturated carbocycles. The Bertz CT molecular complexity index is 728. The zero-order chi connectivity index (χ0) is 12.7. The first-order chi connectivity index (χ1) is 8.74. The predicted octanol–water partition coefficient (Wildman–Crippen LogP) is 2.89. The molecule has 3 heteroatoms. The summed E-state index contributed by atoms with van der Waals surface area (Å²) in [4.78, 5) is 0. The molecule has 1 aromatic heterocycles. The van der Waals surface area contributed by atoms with Crippen molar-refractivity contribution in [3.05, 3.63) is 42.0 Å². The summed E-state index contributed by atoms with van der Waals surface area (Å²) in [6, 6.07) is 12.1. The second-order valence-corrected chi connectivity index (χ2v) is 4.53. The van der Waals surface area contributed by atoms with Crippen LogP contribution in [0.5, 0.6) is 0 Å². The summed E-state index contributed by atoms with van der Waals surface area (Å²) in [5, 5.41) is 11.6. The van der Waals surface area contributed by atoms with E-state index in [2.05, 4.69) is 23.6 Å². The number of hydrogen-bond donors (Lipinski definition) is 2. The number of benzene rings is 2. The zero-order valence-corrected chi connectivity index (χ0v) is 10.4. The third-order valence-electron chi connectivity index (χ3n) is 3.45. The highest BCUT2D eigenvalue weighted by atomic mass is 16.3. The molecule has 92 valence electrons. The molecule has 0 aliphatic heterocycles. The molecule has 0 atom stereocenters. The predicted molar refractivity (Wildman–Crippen MR) is 75.5 cm³/mol. The molecule has 0 bridgehead atoms. The van der Waals surface area contributed by atoms with Crippen molar-refractivity contribution in [2.75, 3.05) is 5.73 Å². The maximum absolute atomic E-state index is 9.26. The van der Waals surface area contributed by atoms with E-state index in [9.17, 15) is 5.11 Å². The SMILES string of the molecule is CCn1c2ccc(N)cc2c2cc(CO)ccc21. The molecule has 1 heterocycles. The van der Waals surface area contributed by atoms with E-state index in [1.807, 2.05) is 24.3 Å². The summed E-state index contributed by atoms with van der Waals surface area (Å²) < 4.78 is 2.27. The Hall–Kier alpha value is -2.00. The van der Waals surface area contributed by atoms with Crippen molar-refractivity contribution >= 4 is 27.5 Å². The Kier molecular flexibility index (Phi) is 2.49. The van der Waals surface area contributed by atoms with Crippen LogP contribution in [0.2, 0.25) is 0 Å². The summed E-state index contributed by atoms with van der Waals surface area (Å²) in [6.45, 7) is 3.12. The minimum Gasteiger partial charge on any atom is -0.399 e. The number of aliphatic hydroxyl groups is 1. The molecular formula is C15H16N2O. The lowest BCUT2D eigenvalue weighted by atomic mass is 10.1. The molecule has 0 spiro atoms. The van der Waals surface area contributed by atoms with Gasteiger partial charge in [-0.15, -0.1) is 0 Å². The van der Waals surface area contributed by atoms with E-state index in [-0.39, 0.29) is 6.61 Å². The molecule has 3 N–H and O–H groups in total. The molecule has 0 unspecified atom stereocenters. The fraction of sp³-hybridized carbons (Fsp3) is 0.200. The van der Waals surface area contributed by atoms with Gasteiger partial charge in [0.2, 0.25) is 0 Å². The van der Waals surface area contributed by atoms with Crippen LogP contribution in [-0.2, 0) is 13.2 Å². The summed E-state index contributed by atoms with van der Waals surface area (Å²) in [5.74, 6) is 0. The highest BCUT2D eigenvalue weighted by molar-refractivity contribution is 6.09. The average Bonchev–Trinajstić information content (AvgIpc) is 2.71. The van der Waals surface area contributed by atoms with E-state index >= 15 is 0 Å². The van der Waals surface area contributed by atoms with E-state index in [0.717, 1.165) is 28.6 Å². The Labute approximate surface area is 105 Å². The third kappa shape index (κ3) is 1.48. The van der Waals surface area contributed by atoms with E-state index in [4.69, 9.17) is 5.73 Å². The topological polar surface area (TPSA) is 51.2 Å². The fourth-order valence-electron chi connectivity index (χ4n) is 2.61. The molecule has 3 nitrogen and oxygen atoms in total. The molecule has 0 amide bonds. The van der Waals surface area contributed by atoms with Crippen LogP contribution >= 0.6 is 0 Å². The number of aliphatic hydroxyl groups excluding tert-OH is 1. The van der Waals surface area contributed by atoms with E-state index in [0.29, 0.717) is 0 Å². The molecule has 18 heavy (non-hydrogen) atoms. The largest absolute Gasteiger partial charge is 0.399 e. The van der Waals surface area contributed by atoms with E-state index in [1.54, 1.807) is 0 Å². The van der Waals surface area contributed by atoms with Crippen molar-refractivity contribution in [2.45, 2.75) is 20.1 Å². The summed E-state index contributed by atoms with van der Waals surface area (Å²) in [6.07, 6.45) is 0. The number of fused-ring (bicyclic) bond motifs is 3. The van der Waals surface area contributed by atoms with E-state index in [1.165, 1.54) is 11.0 Å². The Balaban J connectivity index is 2.49. The summed E-state index contributed by atoms with van der Waals surface area (Å²) in [7, 11) is 0. The molecule has 0 fully saturated rings. The Morgan fingerprint density at radius 2 is 1.72 bits per heavy atom. The molecule has 0 radical (unpaired) electrons. The van der Waals surface area contributed by atoms with Crippen LogP contribution < -0.4 is 5.73 Å². The molecule has 0 saturated heterocycles. The molecule has 0 aliphatic rings. The van der Waals surface area contributed by atoms with Crippen molar-refractivity contribution < 1.29 is 5.11 Å². The first kappa shape index (κ1) is 11.1. The highest BCUT2D eigenvalue weighted by Gasteiger charge is 2.10. The van der Waals surface area contributed by atoms with E-state index < -0.39 is 0 Å². The van der Waals surface area contributed by atoms with Crippen molar-refractivity contribution in [3.63, 3.8) is 0 Å². The molecule has 0 aliphatic carbocycles. The van der Waals surface area contributed by atoms with Crippen LogP contribution in [-0.4, -0.2) is 9.67 Å². The van der Waals surface area contributed by atoms with Gasteiger partial charge < -0.3 is 15.4 Å². The number of aromatic nitrogens is 1. The van der Waals surface area contributed by atoms with Gasteiger partial charge in [0.1, 0.15) is 0 Å². The second-order valence-electron chi connectivity index (χ2n) is 4.53. The molecule has 3 aromatic rings. The van der Waals surface area contributed by atoms with Crippen molar-refractivity contribution in [1.82, 2.24) is 4.57 Å². The number of anilines is 1. The number of hydrogen-bond acceptors (Lipinski definition) is 2. The van der Waals surface area contributed by atoms with Gasteiger partial charge in [-0.25, -0.2) is 0 Å². The van der Waals surface area contributed by atoms with Crippen LogP contribution in [0.15, 0.2) is 36.4 Å². The van der Waals surface area contributed by atoms with Gasteiger partial charge in [0.05, 0.1) is 6.61 Å².